The van der Waals surface area contributed by atoms with Crippen molar-refractivity contribution in [2.24, 2.45) is 5.73 Å². The molecule has 2 rings (SSSR count). The van der Waals surface area contributed by atoms with E-state index in [1.807, 2.05) is 0 Å². The molecule has 8 heteroatoms. The number of aromatic hydroxyl groups is 1. The van der Waals surface area contributed by atoms with Crippen molar-refractivity contribution in [2.45, 2.75) is 5.16 Å². The molecular weight excluding hydrogens is 302 g/mol. The second kappa shape index (κ2) is 5.98. The summed E-state index contributed by atoms with van der Waals surface area (Å²) in [6, 6.07) is 7.51. The van der Waals surface area contributed by atoms with E-state index in [1.54, 1.807) is 24.3 Å². The lowest BCUT2D eigenvalue weighted by Crippen LogP contribution is -2.21. The van der Waals surface area contributed by atoms with Crippen molar-refractivity contribution in [3.05, 3.63) is 45.7 Å². The Hall–Kier alpha value is -1.99. The highest BCUT2D eigenvalue weighted by Gasteiger charge is 2.12. The molecule has 0 atom stereocenters. The van der Waals surface area contributed by atoms with Crippen LogP contribution in [-0.2, 0) is 4.79 Å². The third-order valence-corrected chi connectivity index (χ3v) is 3.52. The van der Waals surface area contributed by atoms with Gasteiger partial charge in [-0.3, -0.25) is 14.2 Å². The number of carbonyl (C=O) groups excluding carboxylic acids is 1. The van der Waals surface area contributed by atoms with Crippen LogP contribution in [0, 0.1) is 0 Å². The lowest BCUT2D eigenvalue weighted by atomic mass is 10.3. The Morgan fingerprint density at radius 2 is 2.05 bits per heavy atom. The van der Waals surface area contributed by atoms with Crippen LogP contribution >= 0.6 is 23.4 Å². The number of rotatable bonds is 4. The summed E-state index contributed by atoms with van der Waals surface area (Å²) in [5.74, 6) is -1.01. The lowest BCUT2D eigenvalue weighted by Gasteiger charge is -2.11. The molecule has 6 nitrogen and oxygen atoms in total. The minimum absolute atomic E-state index is 0.0521. The van der Waals surface area contributed by atoms with E-state index in [2.05, 4.69) is 4.98 Å². The first-order chi connectivity index (χ1) is 9.47. The topological polar surface area (TPSA) is 98.2 Å². The summed E-state index contributed by atoms with van der Waals surface area (Å²) in [4.78, 5) is 26.7. The second-order valence-electron chi connectivity index (χ2n) is 3.80. The molecule has 2 aromatic rings. The van der Waals surface area contributed by atoms with Gasteiger partial charge in [0.25, 0.3) is 5.56 Å². The summed E-state index contributed by atoms with van der Waals surface area (Å²) in [5.41, 5.74) is 5.13. The monoisotopic (exact) mass is 311 g/mol. The molecule has 1 amide bonds. The van der Waals surface area contributed by atoms with Gasteiger partial charge in [0.05, 0.1) is 17.5 Å². The third-order valence-electron chi connectivity index (χ3n) is 2.30. The first-order valence-electron chi connectivity index (χ1n) is 5.47. The van der Waals surface area contributed by atoms with Gasteiger partial charge < -0.3 is 10.8 Å². The molecule has 1 aromatic carbocycles. The fourth-order valence-corrected chi connectivity index (χ4v) is 2.39. The number of benzene rings is 1. The average molecular weight is 312 g/mol. The zero-order chi connectivity index (χ0) is 14.7. The molecule has 0 spiro atoms. The van der Waals surface area contributed by atoms with Crippen molar-refractivity contribution in [2.75, 3.05) is 5.75 Å². The van der Waals surface area contributed by atoms with Crippen LogP contribution in [0.2, 0.25) is 5.02 Å². The number of primary amides is 1. The van der Waals surface area contributed by atoms with Crippen molar-refractivity contribution in [1.29, 1.82) is 0 Å². The molecule has 3 N–H and O–H groups in total. The summed E-state index contributed by atoms with van der Waals surface area (Å²) in [7, 11) is 0. The summed E-state index contributed by atoms with van der Waals surface area (Å²) < 4.78 is 1.27. The van der Waals surface area contributed by atoms with E-state index in [-0.39, 0.29) is 10.9 Å². The highest BCUT2D eigenvalue weighted by molar-refractivity contribution is 7.99. The van der Waals surface area contributed by atoms with E-state index >= 15 is 0 Å². The van der Waals surface area contributed by atoms with Crippen LogP contribution in [0.1, 0.15) is 0 Å². The third kappa shape index (κ3) is 3.31. The second-order valence-corrected chi connectivity index (χ2v) is 5.18. The molecule has 0 saturated heterocycles. The molecule has 0 aliphatic carbocycles. The molecule has 104 valence electrons. The Bertz CT molecular complexity index is 700. The van der Waals surface area contributed by atoms with E-state index in [0.29, 0.717) is 10.7 Å². The first-order valence-corrected chi connectivity index (χ1v) is 6.84. The first kappa shape index (κ1) is 14.4. The zero-order valence-electron chi connectivity index (χ0n) is 10.1. The van der Waals surface area contributed by atoms with Crippen LogP contribution in [0.5, 0.6) is 5.88 Å². The summed E-state index contributed by atoms with van der Waals surface area (Å²) >= 11 is 6.76. The van der Waals surface area contributed by atoms with Crippen LogP contribution in [0.3, 0.4) is 0 Å². The van der Waals surface area contributed by atoms with Crippen LogP contribution < -0.4 is 11.3 Å². The fourth-order valence-electron chi connectivity index (χ4n) is 1.51. The maximum absolute atomic E-state index is 12.0. The molecule has 0 unspecified atom stereocenters. The van der Waals surface area contributed by atoms with E-state index in [0.717, 1.165) is 17.8 Å². The van der Waals surface area contributed by atoms with Gasteiger partial charge in [-0.2, -0.15) is 4.98 Å². The van der Waals surface area contributed by atoms with E-state index in [1.165, 1.54) is 4.57 Å². The highest BCUT2D eigenvalue weighted by Crippen LogP contribution is 2.21. The van der Waals surface area contributed by atoms with Crippen molar-refractivity contribution >= 4 is 29.3 Å². The van der Waals surface area contributed by atoms with Gasteiger partial charge >= 0.3 is 0 Å². The number of aromatic nitrogens is 2. The normalized spacial score (nSPS) is 10.4. The Kier molecular flexibility index (Phi) is 4.31. The number of hydrogen-bond acceptors (Lipinski definition) is 5. The van der Waals surface area contributed by atoms with Crippen LogP contribution in [0.15, 0.2) is 40.3 Å². The Morgan fingerprint density at radius 3 is 2.65 bits per heavy atom. The lowest BCUT2D eigenvalue weighted by molar-refractivity contribution is -0.115. The zero-order valence-corrected chi connectivity index (χ0v) is 11.7. The van der Waals surface area contributed by atoms with Crippen LogP contribution in [0.25, 0.3) is 5.69 Å². The molecule has 0 fully saturated rings. The molecule has 0 aliphatic heterocycles. The number of nitrogens with zero attached hydrogens (tertiary/aromatic N) is 2. The molecule has 1 heterocycles. The molecule has 0 radical (unpaired) electrons. The van der Waals surface area contributed by atoms with E-state index in [4.69, 9.17) is 17.3 Å². The molecule has 0 aliphatic rings. The molecule has 1 aromatic heterocycles. The van der Waals surface area contributed by atoms with Gasteiger partial charge in [-0.1, -0.05) is 23.4 Å². The van der Waals surface area contributed by atoms with E-state index < -0.39 is 17.3 Å². The number of carbonyl (C=O) groups is 1. The Labute approximate surface area is 123 Å². The number of nitrogens with two attached hydrogens (primary N) is 1. The van der Waals surface area contributed by atoms with Crippen molar-refractivity contribution < 1.29 is 9.90 Å². The number of hydrogen-bond donors (Lipinski definition) is 2. The van der Waals surface area contributed by atoms with Gasteiger partial charge in [0, 0.05) is 5.02 Å². The fraction of sp³-hybridized carbons (Fsp3) is 0.0833. The molecule has 0 bridgehead atoms. The predicted octanol–water partition coefficient (Wildman–Crippen LogP) is 1.17. The van der Waals surface area contributed by atoms with Crippen molar-refractivity contribution in [1.82, 2.24) is 9.55 Å². The number of halogens is 1. The smallest absolute Gasteiger partial charge is 0.262 e. The average Bonchev–Trinajstić information content (AvgIpc) is 2.37. The quantitative estimate of drug-likeness (QED) is 0.652. The maximum atomic E-state index is 12.0. The molecular formula is C12H10ClN3O3S. The molecule has 20 heavy (non-hydrogen) atoms. The Balaban J connectivity index is 2.52. The van der Waals surface area contributed by atoms with Crippen molar-refractivity contribution in [3.8, 4) is 11.6 Å². The maximum Gasteiger partial charge on any atom is 0.262 e. The SMILES string of the molecule is NC(=O)CSc1nc(O)cc(=O)n1-c1ccc(Cl)cc1. The standard InChI is InChI=1S/C12H10ClN3O3S/c13-7-1-3-8(4-2-7)16-11(19)5-10(18)15-12(16)20-6-9(14)17/h1-5,18H,6H2,(H2,14,17). The minimum atomic E-state index is -0.546. The Morgan fingerprint density at radius 1 is 1.40 bits per heavy atom. The summed E-state index contributed by atoms with van der Waals surface area (Å²) in [6.45, 7) is 0. The number of thioether (sulfide) groups is 1. The highest BCUT2D eigenvalue weighted by atomic mass is 35.5. The largest absolute Gasteiger partial charge is 0.493 e. The van der Waals surface area contributed by atoms with Crippen molar-refractivity contribution in [3.63, 3.8) is 0 Å². The molecule has 0 saturated carbocycles. The van der Waals surface area contributed by atoms with Crippen LogP contribution in [-0.4, -0.2) is 26.3 Å². The van der Waals surface area contributed by atoms with Gasteiger partial charge in [0.1, 0.15) is 0 Å². The van der Waals surface area contributed by atoms with Gasteiger partial charge in [0.15, 0.2) is 5.16 Å². The van der Waals surface area contributed by atoms with Gasteiger partial charge in [0.2, 0.25) is 11.8 Å². The van der Waals surface area contributed by atoms with Crippen LogP contribution in [0.4, 0.5) is 0 Å². The minimum Gasteiger partial charge on any atom is -0.493 e. The summed E-state index contributed by atoms with van der Waals surface area (Å²) in [5, 5.41) is 10.1. The van der Waals surface area contributed by atoms with Gasteiger partial charge in [-0.05, 0) is 24.3 Å². The number of amides is 1. The van der Waals surface area contributed by atoms with E-state index in [9.17, 15) is 14.7 Å². The predicted molar refractivity (Wildman–Crippen MR) is 76.4 cm³/mol. The van der Waals surface area contributed by atoms with Gasteiger partial charge in [-0.15, -0.1) is 0 Å². The van der Waals surface area contributed by atoms with Gasteiger partial charge in [-0.25, -0.2) is 0 Å². The summed E-state index contributed by atoms with van der Waals surface area (Å²) in [6.07, 6.45) is 0.